The van der Waals surface area contributed by atoms with E-state index in [1.54, 1.807) is 19.2 Å². The molecular weight excluding hydrogens is 336 g/mol. The smallest absolute Gasteiger partial charge is 0.307 e. The number of nitrogens with zero attached hydrogens (tertiary/aromatic N) is 1. The van der Waals surface area contributed by atoms with E-state index >= 15 is 0 Å². The van der Waals surface area contributed by atoms with Crippen molar-refractivity contribution in [2.24, 2.45) is 5.10 Å². The van der Waals surface area contributed by atoms with Gasteiger partial charge in [0, 0.05) is 16.5 Å². The van der Waals surface area contributed by atoms with Gasteiger partial charge >= 0.3 is 5.91 Å². The first-order valence-electron chi connectivity index (χ1n) is 7.96. The Bertz CT molecular complexity index is 1020. The van der Waals surface area contributed by atoms with Crippen LogP contribution in [0.3, 0.4) is 0 Å². The van der Waals surface area contributed by atoms with Crippen molar-refractivity contribution in [3.63, 3.8) is 0 Å². The molecule has 1 N–H and O–H groups in total. The van der Waals surface area contributed by atoms with Crippen LogP contribution in [0.1, 0.15) is 21.7 Å². The van der Waals surface area contributed by atoms with Crippen molar-refractivity contribution < 1.29 is 23.4 Å². The molecule has 0 saturated carbocycles. The standard InChI is InChI=1S/C19H16N2O5/c1-11-13-5-3-4-6-14(13)26-17(11)19(22)21-20-9-12-7-15(23-2)18-16(8-12)24-10-25-18/h3-9H,10H2,1-2H3,(H,21,22)/b20-9-. The minimum Gasteiger partial charge on any atom is -0.493 e. The number of carbonyl (C=O) groups excluding carboxylic acids is 1. The molecule has 4 rings (SSSR count). The molecule has 0 saturated heterocycles. The summed E-state index contributed by atoms with van der Waals surface area (Å²) in [5.41, 5.74) is 4.62. The Balaban J connectivity index is 1.53. The number of furan rings is 1. The number of rotatable bonds is 4. The number of amides is 1. The van der Waals surface area contributed by atoms with Gasteiger partial charge in [-0.2, -0.15) is 5.10 Å². The number of aryl methyl sites for hydroxylation is 1. The molecule has 7 nitrogen and oxygen atoms in total. The number of para-hydroxylation sites is 1. The van der Waals surface area contributed by atoms with Crippen LogP contribution in [0.4, 0.5) is 0 Å². The van der Waals surface area contributed by atoms with Crippen molar-refractivity contribution in [1.82, 2.24) is 5.43 Å². The largest absolute Gasteiger partial charge is 0.493 e. The zero-order chi connectivity index (χ0) is 18.1. The van der Waals surface area contributed by atoms with Gasteiger partial charge in [0.15, 0.2) is 17.3 Å². The van der Waals surface area contributed by atoms with E-state index < -0.39 is 5.91 Å². The molecule has 7 heteroatoms. The molecule has 1 aromatic heterocycles. The van der Waals surface area contributed by atoms with Crippen molar-refractivity contribution in [2.45, 2.75) is 6.92 Å². The van der Waals surface area contributed by atoms with E-state index in [4.69, 9.17) is 18.6 Å². The van der Waals surface area contributed by atoms with E-state index in [0.29, 0.717) is 28.4 Å². The number of carbonyl (C=O) groups is 1. The van der Waals surface area contributed by atoms with Crippen LogP contribution in [0.5, 0.6) is 17.2 Å². The van der Waals surface area contributed by atoms with E-state index in [2.05, 4.69) is 10.5 Å². The van der Waals surface area contributed by atoms with E-state index in [-0.39, 0.29) is 12.6 Å². The Morgan fingerprint density at radius 2 is 2.12 bits per heavy atom. The highest BCUT2D eigenvalue weighted by Gasteiger charge is 2.20. The van der Waals surface area contributed by atoms with Crippen LogP contribution in [0, 0.1) is 6.92 Å². The van der Waals surface area contributed by atoms with Crippen molar-refractivity contribution in [3.8, 4) is 17.2 Å². The lowest BCUT2D eigenvalue weighted by Gasteiger charge is -2.05. The second-order valence-corrected chi connectivity index (χ2v) is 5.71. The van der Waals surface area contributed by atoms with Crippen LogP contribution in [0.25, 0.3) is 11.0 Å². The zero-order valence-electron chi connectivity index (χ0n) is 14.2. The maximum Gasteiger partial charge on any atom is 0.307 e. The third kappa shape index (κ3) is 2.73. The molecule has 3 aromatic rings. The summed E-state index contributed by atoms with van der Waals surface area (Å²) in [5.74, 6) is 1.51. The van der Waals surface area contributed by atoms with Crippen LogP contribution in [-0.4, -0.2) is 26.0 Å². The Hall–Kier alpha value is -3.48. The Kier molecular flexibility index (Phi) is 3.96. The summed E-state index contributed by atoms with van der Waals surface area (Å²) in [4.78, 5) is 12.3. The summed E-state index contributed by atoms with van der Waals surface area (Å²) in [6.07, 6.45) is 1.50. The van der Waals surface area contributed by atoms with Gasteiger partial charge in [0.2, 0.25) is 12.5 Å². The van der Waals surface area contributed by atoms with Gasteiger partial charge in [-0.15, -0.1) is 0 Å². The molecule has 0 fully saturated rings. The first kappa shape index (κ1) is 16.0. The van der Waals surface area contributed by atoms with Gasteiger partial charge in [0.1, 0.15) is 5.58 Å². The van der Waals surface area contributed by atoms with Gasteiger partial charge in [0.05, 0.1) is 13.3 Å². The predicted molar refractivity (Wildman–Crippen MR) is 95.1 cm³/mol. The Labute approximate surface area is 149 Å². The monoisotopic (exact) mass is 352 g/mol. The second-order valence-electron chi connectivity index (χ2n) is 5.71. The van der Waals surface area contributed by atoms with Crippen molar-refractivity contribution >= 4 is 23.1 Å². The van der Waals surface area contributed by atoms with Crippen LogP contribution in [0.2, 0.25) is 0 Å². The maximum absolute atomic E-state index is 12.3. The van der Waals surface area contributed by atoms with Crippen molar-refractivity contribution in [1.29, 1.82) is 0 Å². The van der Waals surface area contributed by atoms with Gasteiger partial charge in [-0.05, 0) is 25.1 Å². The molecule has 1 aliphatic rings. The Morgan fingerprint density at radius 3 is 2.92 bits per heavy atom. The molecule has 2 heterocycles. The van der Waals surface area contributed by atoms with Gasteiger partial charge in [-0.1, -0.05) is 18.2 Å². The zero-order valence-corrected chi connectivity index (χ0v) is 14.2. The molecule has 1 aliphatic heterocycles. The van der Waals surface area contributed by atoms with Crippen LogP contribution >= 0.6 is 0 Å². The average Bonchev–Trinajstić information content (AvgIpc) is 3.26. The summed E-state index contributed by atoms with van der Waals surface area (Å²) < 4.78 is 21.6. The molecule has 26 heavy (non-hydrogen) atoms. The van der Waals surface area contributed by atoms with E-state index in [0.717, 1.165) is 10.9 Å². The van der Waals surface area contributed by atoms with Gasteiger partial charge in [-0.25, -0.2) is 5.43 Å². The summed E-state index contributed by atoms with van der Waals surface area (Å²) in [5, 5.41) is 4.90. The molecule has 0 aliphatic carbocycles. The number of fused-ring (bicyclic) bond motifs is 2. The number of hydrogen-bond acceptors (Lipinski definition) is 6. The van der Waals surface area contributed by atoms with Crippen LogP contribution < -0.4 is 19.6 Å². The number of ether oxygens (including phenoxy) is 3. The van der Waals surface area contributed by atoms with Gasteiger partial charge in [-0.3, -0.25) is 4.79 Å². The minimum atomic E-state index is -0.414. The number of hydrazone groups is 1. The predicted octanol–water partition coefficient (Wildman–Crippen LogP) is 3.24. The third-order valence-corrected chi connectivity index (χ3v) is 4.11. The summed E-state index contributed by atoms with van der Waals surface area (Å²) >= 11 is 0. The number of benzene rings is 2. The Morgan fingerprint density at radius 1 is 1.27 bits per heavy atom. The summed E-state index contributed by atoms with van der Waals surface area (Å²) in [6.45, 7) is 1.99. The lowest BCUT2D eigenvalue weighted by Crippen LogP contribution is -2.17. The topological polar surface area (TPSA) is 82.3 Å². The normalized spacial score (nSPS) is 12.7. The molecule has 0 bridgehead atoms. The van der Waals surface area contributed by atoms with Gasteiger partial charge in [0.25, 0.3) is 0 Å². The van der Waals surface area contributed by atoms with Crippen molar-refractivity contribution in [2.75, 3.05) is 13.9 Å². The fourth-order valence-electron chi connectivity index (χ4n) is 2.83. The van der Waals surface area contributed by atoms with E-state index in [9.17, 15) is 4.79 Å². The summed E-state index contributed by atoms with van der Waals surface area (Å²) in [6, 6.07) is 11.0. The lowest BCUT2D eigenvalue weighted by molar-refractivity contribution is 0.0929. The van der Waals surface area contributed by atoms with Crippen LogP contribution in [0.15, 0.2) is 45.9 Å². The highest BCUT2D eigenvalue weighted by Crippen LogP contribution is 2.41. The fraction of sp³-hybridized carbons (Fsp3) is 0.158. The highest BCUT2D eigenvalue weighted by atomic mass is 16.7. The second kappa shape index (κ2) is 6.44. The molecule has 0 spiro atoms. The summed E-state index contributed by atoms with van der Waals surface area (Å²) in [7, 11) is 1.55. The first-order chi connectivity index (χ1) is 12.7. The number of nitrogens with one attached hydrogen (secondary N) is 1. The molecule has 0 radical (unpaired) electrons. The average molecular weight is 352 g/mol. The third-order valence-electron chi connectivity index (χ3n) is 4.11. The number of hydrogen-bond donors (Lipinski definition) is 1. The van der Waals surface area contributed by atoms with Crippen LogP contribution in [-0.2, 0) is 0 Å². The molecule has 1 amide bonds. The van der Waals surface area contributed by atoms with Gasteiger partial charge < -0.3 is 18.6 Å². The van der Waals surface area contributed by atoms with E-state index in [1.165, 1.54) is 6.21 Å². The number of methoxy groups -OCH3 is 1. The SMILES string of the molecule is COc1cc(/C=N\NC(=O)c2oc3ccccc3c2C)cc2c1OCO2. The molecule has 2 aromatic carbocycles. The first-order valence-corrected chi connectivity index (χ1v) is 7.96. The highest BCUT2D eigenvalue weighted by molar-refractivity contribution is 5.99. The lowest BCUT2D eigenvalue weighted by atomic mass is 10.1. The fourth-order valence-corrected chi connectivity index (χ4v) is 2.83. The molecule has 132 valence electrons. The minimum absolute atomic E-state index is 0.147. The molecule has 0 atom stereocenters. The van der Waals surface area contributed by atoms with Crippen molar-refractivity contribution in [3.05, 3.63) is 53.3 Å². The van der Waals surface area contributed by atoms with E-state index in [1.807, 2.05) is 31.2 Å². The molecular formula is C19H16N2O5. The maximum atomic E-state index is 12.3. The molecule has 0 unspecified atom stereocenters. The quantitative estimate of drug-likeness (QED) is 0.576.